The van der Waals surface area contributed by atoms with Crippen LogP contribution >= 0.6 is 0 Å². The minimum Gasteiger partial charge on any atom is -0.237 e. The molecule has 0 spiro atoms. The van der Waals surface area contributed by atoms with Crippen molar-refractivity contribution in [2.75, 3.05) is 0 Å². The first-order valence-electron chi connectivity index (χ1n) is 11.8. The Balaban J connectivity index is 1.56. The van der Waals surface area contributed by atoms with Crippen molar-refractivity contribution in [3.63, 3.8) is 0 Å². The van der Waals surface area contributed by atoms with Gasteiger partial charge >= 0.3 is 0 Å². The van der Waals surface area contributed by atoms with Crippen LogP contribution in [0.15, 0.2) is 134 Å². The molecule has 0 unspecified atom stereocenters. The minimum atomic E-state index is 0.711. The van der Waals surface area contributed by atoms with Crippen molar-refractivity contribution in [3.8, 4) is 56.2 Å². The highest BCUT2D eigenvalue weighted by Crippen LogP contribution is 2.42. The zero-order valence-corrected chi connectivity index (χ0v) is 19.5. The fraction of sp³-hybridized carbons (Fsp3) is 0. The van der Waals surface area contributed by atoms with E-state index < -0.39 is 0 Å². The highest BCUT2D eigenvalue weighted by molar-refractivity contribution is 5.97. The van der Waals surface area contributed by atoms with Crippen LogP contribution in [-0.2, 0) is 0 Å². The van der Waals surface area contributed by atoms with Crippen molar-refractivity contribution >= 4 is 0 Å². The number of aromatic nitrogens is 4. The van der Waals surface area contributed by atoms with Gasteiger partial charge in [0.25, 0.3) is 0 Å². The average molecular weight is 463 g/mol. The molecule has 0 atom stereocenters. The van der Waals surface area contributed by atoms with Crippen LogP contribution in [-0.4, -0.2) is 19.9 Å². The van der Waals surface area contributed by atoms with E-state index in [1.165, 1.54) is 0 Å². The monoisotopic (exact) mass is 462 g/mol. The van der Waals surface area contributed by atoms with Crippen LogP contribution in [0.4, 0.5) is 0 Å². The minimum absolute atomic E-state index is 0.711. The third-order valence-corrected chi connectivity index (χ3v) is 6.19. The van der Waals surface area contributed by atoms with Crippen LogP contribution in [0.5, 0.6) is 0 Å². The lowest BCUT2D eigenvalue weighted by Gasteiger charge is -2.18. The maximum Gasteiger partial charge on any atom is 0.159 e. The first kappa shape index (κ1) is 21.6. The number of rotatable bonds is 5. The molecule has 0 amide bonds. The Morgan fingerprint density at radius 2 is 0.472 bits per heavy atom. The van der Waals surface area contributed by atoms with Crippen LogP contribution in [0.2, 0.25) is 0 Å². The fourth-order valence-electron chi connectivity index (χ4n) is 4.61. The summed E-state index contributed by atoms with van der Waals surface area (Å²) >= 11 is 0. The molecule has 4 heteroatoms. The summed E-state index contributed by atoms with van der Waals surface area (Å²) in [6.07, 6.45) is 7.12. The van der Waals surface area contributed by atoms with Gasteiger partial charge in [0.15, 0.2) is 11.6 Å². The molecule has 0 saturated carbocycles. The molecule has 0 bridgehead atoms. The zero-order chi connectivity index (χ0) is 24.2. The Morgan fingerprint density at radius 3 is 0.750 bits per heavy atom. The normalized spacial score (nSPS) is 10.8. The third kappa shape index (κ3) is 4.05. The third-order valence-electron chi connectivity index (χ3n) is 6.19. The van der Waals surface area contributed by atoms with E-state index in [9.17, 15) is 0 Å². The molecule has 2 heterocycles. The molecule has 6 aromatic rings. The molecule has 0 aliphatic carbocycles. The van der Waals surface area contributed by atoms with Gasteiger partial charge < -0.3 is 0 Å². The van der Waals surface area contributed by atoms with Crippen molar-refractivity contribution in [2.45, 2.75) is 0 Å². The number of hydrogen-bond donors (Lipinski definition) is 0. The Bertz CT molecular complexity index is 1500. The smallest absolute Gasteiger partial charge is 0.159 e. The standard InChI is InChI=1S/C32H22N4/c1-3-13-25(27-15-5-7-17-29(27)31-33-19-9-20-34-31)23(11-1)24-12-2-4-14-26(24)28-16-6-8-18-30(28)32-35-21-10-22-36-32/h1-22H. The van der Waals surface area contributed by atoms with Crippen molar-refractivity contribution < 1.29 is 0 Å². The van der Waals surface area contributed by atoms with Crippen LogP contribution < -0.4 is 0 Å². The molecule has 0 N–H and O–H groups in total. The van der Waals surface area contributed by atoms with Gasteiger partial charge in [0, 0.05) is 35.9 Å². The second-order valence-electron chi connectivity index (χ2n) is 8.33. The van der Waals surface area contributed by atoms with Gasteiger partial charge in [0.05, 0.1) is 0 Å². The number of hydrogen-bond acceptors (Lipinski definition) is 4. The highest BCUT2D eigenvalue weighted by Gasteiger charge is 2.17. The zero-order valence-electron chi connectivity index (χ0n) is 19.5. The lowest BCUT2D eigenvalue weighted by molar-refractivity contribution is 1.18. The second kappa shape index (κ2) is 9.72. The molecule has 0 fully saturated rings. The van der Waals surface area contributed by atoms with Crippen LogP contribution in [0, 0.1) is 0 Å². The van der Waals surface area contributed by atoms with E-state index >= 15 is 0 Å². The summed E-state index contributed by atoms with van der Waals surface area (Å²) in [7, 11) is 0. The van der Waals surface area contributed by atoms with Gasteiger partial charge in [-0.3, -0.25) is 0 Å². The molecule has 4 aromatic carbocycles. The van der Waals surface area contributed by atoms with Gasteiger partial charge in [0.2, 0.25) is 0 Å². The fourth-order valence-corrected chi connectivity index (χ4v) is 4.61. The van der Waals surface area contributed by atoms with Gasteiger partial charge in [-0.25, -0.2) is 19.9 Å². The van der Waals surface area contributed by atoms with Crippen molar-refractivity contribution in [2.24, 2.45) is 0 Å². The molecule has 0 aliphatic heterocycles. The molecule has 0 radical (unpaired) electrons. The molecule has 4 nitrogen and oxygen atoms in total. The lowest BCUT2D eigenvalue weighted by Crippen LogP contribution is -1.95. The molecular weight excluding hydrogens is 440 g/mol. The number of benzene rings is 4. The SMILES string of the molecule is c1cnc(-c2ccccc2-c2ccccc2-c2ccccc2-c2ccccc2-c2ncccn2)nc1. The number of nitrogens with zero attached hydrogens (tertiary/aromatic N) is 4. The van der Waals surface area contributed by atoms with E-state index in [1.54, 1.807) is 24.8 Å². The topological polar surface area (TPSA) is 51.6 Å². The molecule has 36 heavy (non-hydrogen) atoms. The highest BCUT2D eigenvalue weighted by atomic mass is 14.9. The van der Waals surface area contributed by atoms with Crippen LogP contribution in [0.25, 0.3) is 56.2 Å². The van der Waals surface area contributed by atoms with E-state index in [-0.39, 0.29) is 0 Å². The van der Waals surface area contributed by atoms with Gasteiger partial charge in [0.1, 0.15) is 0 Å². The van der Waals surface area contributed by atoms with E-state index in [0.717, 1.165) is 44.5 Å². The second-order valence-corrected chi connectivity index (χ2v) is 8.33. The summed E-state index contributed by atoms with van der Waals surface area (Å²) < 4.78 is 0. The van der Waals surface area contributed by atoms with Crippen molar-refractivity contribution in [1.29, 1.82) is 0 Å². The Labute approximate surface area is 210 Å². The first-order chi connectivity index (χ1) is 17.9. The van der Waals surface area contributed by atoms with Crippen LogP contribution in [0.1, 0.15) is 0 Å². The summed E-state index contributed by atoms with van der Waals surface area (Å²) in [6, 6.07) is 37.3. The van der Waals surface area contributed by atoms with Gasteiger partial charge in [-0.15, -0.1) is 0 Å². The predicted octanol–water partition coefficient (Wildman–Crippen LogP) is 7.60. The lowest BCUT2D eigenvalue weighted by atomic mass is 9.86. The molecule has 2 aromatic heterocycles. The average Bonchev–Trinajstić information content (AvgIpc) is 2.98. The van der Waals surface area contributed by atoms with E-state index in [4.69, 9.17) is 0 Å². The molecular formula is C32H22N4. The molecule has 6 rings (SSSR count). The van der Waals surface area contributed by atoms with Gasteiger partial charge in [-0.2, -0.15) is 0 Å². The summed E-state index contributed by atoms with van der Waals surface area (Å²) in [5.74, 6) is 1.42. The quantitative estimate of drug-likeness (QED) is 0.265. The van der Waals surface area contributed by atoms with Crippen molar-refractivity contribution in [3.05, 3.63) is 134 Å². The Kier molecular flexibility index (Phi) is 5.83. The van der Waals surface area contributed by atoms with E-state index in [2.05, 4.69) is 105 Å². The van der Waals surface area contributed by atoms with E-state index in [1.807, 2.05) is 24.3 Å². The summed E-state index contributed by atoms with van der Waals surface area (Å²) in [5, 5.41) is 0. The summed E-state index contributed by atoms with van der Waals surface area (Å²) in [6.45, 7) is 0. The van der Waals surface area contributed by atoms with Gasteiger partial charge in [-0.1, -0.05) is 97.1 Å². The molecule has 0 saturated heterocycles. The Hall–Kier alpha value is -4.96. The van der Waals surface area contributed by atoms with Gasteiger partial charge in [-0.05, 0) is 45.5 Å². The summed E-state index contributed by atoms with van der Waals surface area (Å²) in [5.41, 5.74) is 8.72. The molecule has 0 aliphatic rings. The maximum atomic E-state index is 4.52. The first-order valence-corrected chi connectivity index (χ1v) is 11.8. The van der Waals surface area contributed by atoms with E-state index in [0.29, 0.717) is 11.6 Å². The molecule has 170 valence electrons. The maximum absolute atomic E-state index is 4.52. The largest absolute Gasteiger partial charge is 0.237 e. The summed E-state index contributed by atoms with van der Waals surface area (Å²) in [4.78, 5) is 18.1. The van der Waals surface area contributed by atoms with Crippen LogP contribution in [0.3, 0.4) is 0 Å². The Morgan fingerprint density at radius 1 is 0.250 bits per heavy atom. The van der Waals surface area contributed by atoms with Crippen molar-refractivity contribution in [1.82, 2.24) is 19.9 Å². The predicted molar refractivity (Wildman–Crippen MR) is 145 cm³/mol.